The number of carbonyl (C=O) groups excluding carboxylic acids is 1. The Balaban J connectivity index is 1.69. The van der Waals surface area contributed by atoms with Crippen LogP contribution in [0.2, 0.25) is 0 Å². The Morgan fingerprint density at radius 1 is 1.26 bits per heavy atom. The van der Waals surface area contributed by atoms with Gasteiger partial charge in [-0.05, 0) is 70.7 Å². The number of aromatic hydroxyl groups is 1. The van der Waals surface area contributed by atoms with Crippen LogP contribution in [0.3, 0.4) is 0 Å². The number of aryl methyl sites for hydroxylation is 2. The molecule has 1 amide bonds. The van der Waals surface area contributed by atoms with Crippen LogP contribution in [0.15, 0.2) is 45.4 Å². The fourth-order valence-electron chi connectivity index (χ4n) is 3.88. The molecule has 2 aromatic carbocycles. The van der Waals surface area contributed by atoms with Crippen LogP contribution in [-0.2, 0) is 4.79 Å². The van der Waals surface area contributed by atoms with Crippen molar-refractivity contribution in [2.24, 2.45) is 0 Å². The van der Waals surface area contributed by atoms with Crippen molar-refractivity contribution in [1.82, 2.24) is 4.90 Å². The number of anilines is 1. The molecule has 0 aromatic heterocycles. The zero-order valence-corrected chi connectivity index (χ0v) is 19.9. The predicted molar refractivity (Wildman–Crippen MR) is 125 cm³/mol. The number of ether oxygens (including phenoxy) is 1. The van der Waals surface area contributed by atoms with Crippen molar-refractivity contribution in [2.75, 3.05) is 24.6 Å². The Hall–Kier alpha value is -2.63. The van der Waals surface area contributed by atoms with Gasteiger partial charge >= 0.3 is 0 Å². The maximum Gasteiger partial charge on any atom is 0.229 e. The third kappa shape index (κ3) is 3.88. The van der Waals surface area contributed by atoms with Gasteiger partial charge in [0.1, 0.15) is 0 Å². The molecule has 6 nitrogen and oxygen atoms in total. The van der Waals surface area contributed by atoms with E-state index in [0.717, 1.165) is 11.3 Å². The van der Waals surface area contributed by atoms with E-state index in [4.69, 9.17) is 4.74 Å². The maximum atomic E-state index is 13.1. The molecule has 1 atom stereocenters. The minimum absolute atomic E-state index is 0.00255. The number of benzene rings is 2. The lowest BCUT2D eigenvalue weighted by molar-refractivity contribution is -0.129. The second kappa shape index (κ2) is 8.48. The first-order chi connectivity index (χ1) is 14.8. The van der Waals surface area contributed by atoms with Crippen LogP contribution in [0, 0.1) is 25.2 Å². The van der Waals surface area contributed by atoms with Gasteiger partial charge in [0.25, 0.3) is 0 Å². The topological polar surface area (TPSA) is 76.8 Å². The number of amides is 1. The lowest BCUT2D eigenvalue weighted by atomic mass is 9.86. The van der Waals surface area contributed by atoms with Crippen molar-refractivity contribution >= 4 is 39.3 Å². The SMILES string of the molecule is COc1cc([C@@H]2CC(=O)N3CN(c4ccc(C)c(C)c4)CSC3=C2C#N)cc(Br)c1O. The van der Waals surface area contributed by atoms with E-state index >= 15 is 0 Å². The summed E-state index contributed by atoms with van der Waals surface area (Å²) in [5.41, 5.74) is 4.83. The highest BCUT2D eigenvalue weighted by molar-refractivity contribution is 9.10. The number of allylic oxidation sites excluding steroid dienone is 1. The van der Waals surface area contributed by atoms with Gasteiger partial charge in [-0.15, -0.1) is 0 Å². The number of nitrogens with zero attached hydrogens (tertiary/aromatic N) is 3. The van der Waals surface area contributed by atoms with Gasteiger partial charge in [0, 0.05) is 18.0 Å². The van der Waals surface area contributed by atoms with Gasteiger partial charge in [-0.3, -0.25) is 9.69 Å². The molecule has 0 bridgehead atoms. The number of hydrogen-bond acceptors (Lipinski definition) is 6. The molecule has 0 aliphatic carbocycles. The minimum atomic E-state index is -0.379. The van der Waals surface area contributed by atoms with E-state index < -0.39 is 0 Å². The smallest absolute Gasteiger partial charge is 0.229 e. The lowest BCUT2D eigenvalue weighted by Gasteiger charge is -2.42. The third-order valence-corrected chi connectivity index (χ3v) is 7.58. The molecule has 1 N–H and O–H groups in total. The van der Waals surface area contributed by atoms with Crippen molar-refractivity contribution in [3.05, 3.63) is 62.1 Å². The maximum absolute atomic E-state index is 13.1. The van der Waals surface area contributed by atoms with Crippen LogP contribution in [0.1, 0.15) is 29.0 Å². The van der Waals surface area contributed by atoms with E-state index in [1.165, 1.54) is 30.0 Å². The normalized spacial score (nSPS) is 18.7. The first-order valence-corrected chi connectivity index (χ1v) is 11.6. The quantitative estimate of drug-likeness (QED) is 0.640. The molecular weight excluding hydrogens is 478 g/mol. The monoisotopic (exact) mass is 499 g/mol. The molecule has 160 valence electrons. The number of halogens is 1. The van der Waals surface area contributed by atoms with E-state index in [0.29, 0.717) is 33.4 Å². The van der Waals surface area contributed by atoms with Crippen LogP contribution in [0.4, 0.5) is 5.69 Å². The highest BCUT2D eigenvalue weighted by Crippen LogP contribution is 2.46. The van der Waals surface area contributed by atoms with Crippen molar-refractivity contribution in [3.8, 4) is 17.6 Å². The van der Waals surface area contributed by atoms with Crippen LogP contribution in [0.25, 0.3) is 0 Å². The fourth-order valence-corrected chi connectivity index (χ4v) is 5.51. The molecule has 2 aromatic rings. The van der Waals surface area contributed by atoms with E-state index in [1.807, 2.05) is 0 Å². The second-order valence-corrected chi connectivity index (χ2v) is 9.47. The number of fused-ring (bicyclic) bond motifs is 1. The van der Waals surface area contributed by atoms with E-state index in [-0.39, 0.29) is 24.0 Å². The average Bonchev–Trinajstić information content (AvgIpc) is 2.77. The fraction of sp³-hybridized carbons (Fsp3) is 0.304. The number of hydrogen-bond donors (Lipinski definition) is 1. The van der Waals surface area contributed by atoms with Gasteiger partial charge in [0.15, 0.2) is 11.5 Å². The summed E-state index contributed by atoms with van der Waals surface area (Å²) in [6.45, 7) is 4.58. The summed E-state index contributed by atoms with van der Waals surface area (Å²) in [5, 5.41) is 20.8. The Morgan fingerprint density at radius 2 is 2.03 bits per heavy atom. The van der Waals surface area contributed by atoms with Gasteiger partial charge < -0.3 is 14.7 Å². The van der Waals surface area contributed by atoms with Gasteiger partial charge in [-0.25, -0.2) is 0 Å². The number of nitriles is 1. The zero-order valence-electron chi connectivity index (χ0n) is 17.5. The van der Waals surface area contributed by atoms with E-state index in [9.17, 15) is 15.2 Å². The summed E-state index contributed by atoms with van der Waals surface area (Å²) < 4.78 is 5.72. The number of carbonyl (C=O) groups is 1. The van der Waals surface area contributed by atoms with Crippen LogP contribution >= 0.6 is 27.7 Å². The lowest BCUT2D eigenvalue weighted by Crippen LogP contribution is -2.47. The summed E-state index contributed by atoms with van der Waals surface area (Å²) >= 11 is 4.85. The molecule has 2 aliphatic rings. The van der Waals surface area contributed by atoms with E-state index in [2.05, 4.69) is 58.9 Å². The number of rotatable bonds is 3. The van der Waals surface area contributed by atoms with E-state index in [1.54, 1.807) is 17.0 Å². The third-order valence-electron chi connectivity index (χ3n) is 5.82. The molecule has 1 saturated heterocycles. The molecule has 2 aliphatic heterocycles. The molecule has 0 radical (unpaired) electrons. The minimum Gasteiger partial charge on any atom is -0.503 e. The van der Waals surface area contributed by atoms with Gasteiger partial charge in [-0.2, -0.15) is 5.26 Å². The van der Waals surface area contributed by atoms with Crippen molar-refractivity contribution in [2.45, 2.75) is 26.2 Å². The Kier molecular flexibility index (Phi) is 5.91. The molecule has 0 unspecified atom stereocenters. The summed E-state index contributed by atoms with van der Waals surface area (Å²) in [6.07, 6.45) is 0.189. The molecule has 31 heavy (non-hydrogen) atoms. The molecule has 1 fully saturated rings. The standard InChI is InChI=1S/C23H22BrN3O3S/c1-13-4-5-16(6-14(13)2)26-11-27-21(28)9-17(18(10-25)23(27)31-12-26)15-7-19(24)22(29)20(8-15)30-3/h4-8,17,29H,9,11-12H2,1-3H3/t17-/m0/s1. The van der Waals surface area contributed by atoms with Crippen LogP contribution in [-0.4, -0.2) is 35.6 Å². The molecule has 8 heteroatoms. The molecule has 2 heterocycles. The van der Waals surface area contributed by atoms with Gasteiger partial charge in [0.05, 0.1) is 40.8 Å². The highest BCUT2D eigenvalue weighted by Gasteiger charge is 2.38. The number of phenols is 1. The summed E-state index contributed by atoms with van der Waals surface area (Å²) in [5.74, 6) is 0.552. The Labute approximate surface area is 194 Å². The zero-order chi connectivity index (χ0) is 22.3. The number of phenolic OH excluding ortho intramolecular Hbond substituents is 1. The van der Waals surface area contributed by atoms with Crippen LogP contribution < -0.4 is 9.64 Å². The molecule has 4 rings (SSSR count). The first kappa shape index (κ1) is 21.6. The number of thioether (sulfide) groups is 1. The second-order valence-electron chi connectivity index (χ2n) is 7.69. The largest absolute Gasteiger partial charge is 0.503 e. The molecule has 0 saturated carbocycles. The summed E-state index contributed by atoms with van der Waals surface area (Å²) in [7, 11) is 1.47. The average molecular weight is 500 g/mol. The highest BCUT2D eigenvalue weighted by atomic mass is 79.9. The Bertz CT molecular complexity index is 1140. The summed E-state index contributed by atoms with van der Waals surface area (Å²) in [6, 6.07) is 12.1. The summed E-state index contributed by atoms with van der Waals surface area (Å²) in [4.78, 5) is 17.0. The van der Waals surface area contributed by atoms with Gasteiger partial charge in [-0.1, -0.05) is 17.8 Å². The first-order valence-electron chi connectivity index (χ1n) is 9.80. The van der Waals surface area contributed by atoms with Crippen molar-refractivity contribution < 1.29 is 14.6 Å². The molecular formula is C23H22BrN3O3S. The molecule has 0 spiro atoms. The van der Waals surface area contributed by atoms with Crippen molar-refractivity contribution in [1.29, 1.82) is 5.26 Å². The van der Waals surface area contributed by atoms with Gasteiger partial charge in [0.2, 0.25) is 5.91 Å². The van der Waals surface area contributed by atoms with Crippen molar-refractivity contribution in [3.63, 3.8) is 0 Å². The number of methoxy groups -OCH3 is 1. The predicted octanol–water partition coefficient (Wildman–Crippen LogP) is 5.00. The van der Waals surface area contributed by atoms with Crippen LogP contribution in [0.5, 0.6) is 11.5 Å². The Morgan fingerprint density at radius 3 is 2.71 bits per heavy atom.